The van der Waals surface area contributed by atoms with Gasteiger partial charge in [0.15, 0.2) is 0 Å². The van der Waals surface area contributed by atoms with E-state index in [1.165, 1.54) is 45.4 Å². The molecule has 0 bridgehead atoms. The molecule has 0 N–H and O–H groups in total. The van der Waals surface area contributed by atoms with Crippen molar-refractivity contribution in [2.75, 3.05) is 40.3 Å². The Morgan fingerprint density at radius 3 is 1.50 bits per heavy atom. The van der Waals surface area contributed by atoms with Crippen molar-refractivity contribution in [3.63, 3.8) is 0 Å². The molecule has 0 aromatic rings. The minimum atomic E-state index is 0.684. The van der Waals surface area contributed by atoms with Crippen LogP contribution in [0.3, 0.4) is 0 Å². The van der Waals surface area contributed by atoms with Gasteiger partial charge in [-0.2, -0.15) is 0 Å². The van der Waals surface area contributed by atoms with Crippen molar-refractivity contribution < 1.29 is 0 Å². The first-order chi connectivity index (χ1) is 6.62. The van der Waals surface area contributed by atoms with Crippen LogP contribution in [0.5, 0.6) is 0 Å². The molecule has 0 unspecified atom stereocenters. The van der Waals surface area contributed by atoms with Gasteiger partial charge in [-0.25, -0.2) is 0 Å². The molecule has 0 aliphatic carbocycles. The fraction of sp³-hybridized carbons (Fsp3) is 1.00. The number of rotatable bonds is 0. The number of likely N-dealkylation sites (tertiary alicyclic amines) is 2. The van der Waals surface area contributed by atoms with Crippen LogP contribution in [0.4, 0.5) is 0 Å². The van der Waals surface area contributed by atoms with E-state index in [1.54, 1.807) is 0 Å². The molecule has 2 nitrogen and oxygen atoms in total. The maximum absolute atomic E-state index is 2.47. The SMILES string of the molecule is CCC.CN1CCC2(CCN(C)C2)C1. The number of nitrogens with zero attached hydrogens (tertiary/aromatic N) is 2. The van der Waals surface area contributed by atoms with Crippen LogP contribution in [0.15, 0.2) is 0 Å². The van der Waals surface area contributed by atoms with E-state index in [0.717, 1.165) is 0 Å². The highest BCUT2D eigenvalue weighted by atomic mass is 15.2. The van der Waals surface area contributed by atoms with Gasteiger partial charge in [0.1, 0.15) is 0 Å². The van der Waals surface area contributed by atoms with Crippen molar-refractivity contribution in [3.05, 3.63) is 0 Å². The van der Waals surface area contributed by atoms with Crippen molar-refractivity contribution >= 4 is 0 Å². The lowest BCUT2D eigenvalue weighted by molar-refractivity contribution is 0.277. The summed E-state index contributed by atoms with van der Waals surface area (Å²) < 4.78 is 0. The maximum atomic E-state index is 2.47. The van der Waals surface area contributed by atoms with Gasteiger partial charge in [0.25, 0.3) is 0 Å². The van der Waals surface area contributed by atoms with Crippen LogP contribution in [0, 0.1) is 5.41 Å². The minimum absolute atomic E-state index is 0.684. The molecule has 84 valence electrons. The maximum Gasteiger partial charge on any atom is 0.00481 e. The average molecular weight is 198 g/mol. The van der Waals surface area contributed by atoms with Gasteiger partial charge in [0.2, 0.25) is 0 Å². The van der Waals surface area contributed by atoms with Gasteiger partial charge in [-0.15, -0.1) is 0 Å². The summed E-state index contributed by atoms with van der Waals surface area (Å²) in [5.74, 6) is 0. The highest BCUT2D eigenvalue weighted by Crippen LogP contribution is 2.37. The minimum Gasteiger partial charge on any atom is -0.306 e. The summed E-state index contributed by atoms with van der Waals surface area (Å²) in [5.41, 5.74) is 0.684. The van der Waals surface area contributed by atoms with Gasteiger partial charge >= 0.3 is 0 Å². The Morgan fingerprint density at radius 1 is 0.929 bits per heavy atom. The first-order valence-corrected chi connectivity index (χ1v) is 5.99. The Kier molecular flexibility index (Phi) is 4.39. The molecule has 2 aliphatic rings. The molecule has 0 atom stereocenters. The van der Waals surface area contributed by atoms with E-state index < -0.39 is 0 Å². The quantitative estimate of drug-likeness (QED) is 0.588. The second-order valence-electron chi connectivity index (χ2n) is 5.18. The Labute approximate surface area is 89.3 Å². The van der Waals surface area contributed by atoms with E-state index in [1.807, 2.05) is 0 Å². The van der Waals surface area contributed by atoms with Gasteiger partial charge < -0.3 is 9.80 Å². The molecule has 2 rings (SSSR count). The summed E-state index contributed by atoms with van der Waals surface area (Å²) in [6.07, 6.45) is 4.10. The summed E-state index contributed by atoms with van der Waals surface area (Å²) in [6.45, 7) is 9.54. The van der Waals surface area contributed by atoms with E-state index in [9.17, 15) is 0 Å². The normalized spacial score (nSPS) is 26.6. The molecule has 2 saturated heterocycles. The molecular weight excluding hydrogens is 172 g/mol. The predicted octanol–water partition coefficient (Wildman–Crippen LogP) is 2.06. The van der Waals surface area contributed by atoms with Crippen molar-refractivity contribution in [2.24, 2.45) is 5.41 Å². The Balaban J connectivity index is 0.000000293. The third-order valence-corrected chi connectivity index (χ3v) is 3.26. The van der Waals surface area contributed by atoms with Gasteiger partial charge in [0.05, 0.1) is 0 Å². The van der Waals surface area contributed by atoms with Crippen LogP contribution in [0.1, 0.15) is 33.1 Å². The lowest BCUT2D eigenvalue weighted by Gasteiger charge is -2.22. The lowest BCUT2D eigenvalue weighted by Crippen LogP contribution is -2.27. The molecule has 0 aromatic carbocycles. The van der Waals surface area contributed by atoms with E-state index in [2.05, 4.69) is 37.7 Å². The van der Waals surface area contributed by atoms with E-state index >= 15 is 0 Å². The van der Waals surface area contributed by atoms with Crippen molar-refractivity contribution in [3.8, 4) is 0 Å². The summed E-state index contributed by atoms with van der Waals surface area (Å²) in [5, 5.41) is 0. The van der Waals surface area contributed by atoms with Crippen molar-refractivity contribution in [1.82, 2.24) is 9.80 Å². The second-order valence-corrected chi connectivity index (χ2v) is 5.18. The van der Waals surface area contributed by atoms with E-state index in [4.69, 9.17) is 0 Å². The highest BCUT2D eigenvalue weighted by molar-refractivity contribution is 4.95. The van der Waals surface area contributed by atoms with Gasteiger partial charge in [-0.05, 0) is 45.4 Å². The fourth-order valence-corrected chi connectivity index (χ4v) is 2.65. The van der Waals surface area contributed by atoms with E-state index in [0.29, 0.717) is 5.41 Å². The summed E-state index contributed by atoms with van der Waals surface area (Å²) in [7, 11) is 4.49. The lowest BCUT2D eigenvalue weighted by atomic mass is 9.86. The van der Waals surface area contributed by atoms with Crippen molar-refractivity contribution in [2.45, 2.75) is 33.1 Å². The summed E-state index contributed by atoms with van der Waals surface area (Å²) in [4.78, 5) is 4.94. The molecule has 0 radical (unpaired) electrons. The Morgan fingerprint density at radius 2 is 1.29 bits per heavy atom. The predicted molar refractivity (Wildman–Crippen MR) is 62.6 cm³/mol. The summed E-state index contributed by atoms with van der Waals surface area (Å²) in [6, 6.07) is 0. The number of hydrogen-bond acceptors (Lipinski definition) is 2. The average Bonchev–Trinajstić information content (AvgIpc) is 2.62. The zero-order valence-corrected chi connectivity index (χ0v) is 10.3. The molecule has 14 heavy (non-hydrogen) atoms. The largest absolute Gasteiger partial charge is 0.306 e. The first kappa shape index (κ1) is 12.0. The molecule has 2 heterocycles. The first-order valence-electron chi connectivity index (χ1n) is 5.99. The highest BCUT2D eigenvalue weighted by Gasteiger charge is 2.40. The van der Waals surface area contributed by atoms with Gasteiger partial charge in [-0.3, -0.25) is 0 Å². The Bertz CT molecular complexity index is 150. The Hall–Kier alpha value is -0.0800. The molecule has 0 saturated carbocycles. The summed E-state index contributed by atoms with van der Waals surface area (Å²) >= 11 is 0. The molecule has 0 aromatic heterocycles. The topological polar surface area (TPSA) is 6.48 Å². The van der Waals surface area contributed by atoms with Crippen molar-refractivity contribution in [1.29, 1.82) is 0 Å². The van der Waals surface area contributed by atoms with Crippen LogP contribution in [-0.4, -0.2) is 50.1 Å². The van der Waals surface area contributed by atoms with E-state index in [-0.39, 0.29) is 0 Å². The third-order valence-electron chi connectivity index (χ3n) is 3.26. The molecular formula is C12H26N2. The van der Waals surface area contributed by atoms with Crippen LogP contribution >= 0.6 is 0 Å². The standard InChI is InChI=1S/C9H18N2.C3H8/c1-10-5-3-9(7-10)4-6-11(2)8-9;1-3-2/h3-8H2,1-2H3;3H2,1-2H3. The third kappa shape index (κ3) is 2.96. The van der Waals surface area contributed by atoms with Crippen LogP contribution < -0.4 is 0 Å². The van der Waals surface area contributed by atoms with Gasteiger partial charge in [-0.1, -0.05) is 20.3 Å². The zero-order valence-electron chi connectivity index (χ0n) is 10.3. The monoisotopic (exact) mass is 198 g/mol. The molecule has 2 fully saturated rings. The van der Waals surface area contributed by atoms with Gasteiger partial charge in [0, 0.05) is 13.1 Å². The fourth-order valence-electron chi connectivity index (χ4n) is 2.65. The molecule has 1 spiro atoms. The molecule has 2 aliphatic heterocycles. The smallest absolute Gasteiger partial charge is 0.00481 e. The van der Waals surface area contributed by atoms with Crippen LogP contribution in [-0.2, 0) is 0 Å². The zero-order chi connectivity index (χ0) is 10.6. The molecule has 0 amide bonds. The number of hydrogen-bond donors (Lipinski definition) is 0. The second kappa shape index (κ2) is 5.13. The molecule has 2 heteroatoms. The van der Waals surface area contributed by atoms with Crippen LogP contribution in [0.25, 0.3) is 0 Å². The van der Waals surface area contributed by atoms with Crippen LogP contribution in [0.2, 0.25) is 0 Å².